The minimum atomic E-state index is -0.666. The lowest BCUT2D eigenvalue weighted by molar-refractivity contribution is -0.149. The highest BCUT2D eigenvalue weighted by Crippen LogP contribution is 2.25. The predicted octanol–water partition coefficient (Wildman–Crippen LogP) is 6.02. The van der Waals surface area contributed by atoms with Gasteiger partial charge in [0.1, 0.15) is 28.5 Å². The van der Waals surface area contributed by atoms with Gasteiger partial charge in [-0.15, -0.1) is 0 Å². The molecule has 3 heterocycles. The molecule has 4 rings (SSSR count). The van der Waals surface area contributed by atoms with Crippen LogP contribution in [0.1, 0.15) is 43.5 Å². The number of ether oxygens (including phenoxy) is 1. The van der Waals surface area contributed by atoms with E-state index in [1.54, 1.807) is 30.7 Å². The van der Waals surface area contributed by atoms with Crippen molar-refractivity contribution in [2.24, 2.45) is 0 Å². The largest absolute Gasteiger partial charge is 0.465 e. The van der Waals surface area contributed by atoms with Gasteiger partial charge in [0.05, 0.1) is 18.2 Å². The summed E-state index contributed by atoms with van der Waals surface area (Å²) in [5.74, 6) is 1.84. The zero-order chi connectivity index (χ0) is 24.1. The number of hydrogen-bond acceptors (Lipinski definition) is 7. The lowest BCUT2D eigenvalue weighted by atomic mass is 10.1. The third-order valence-corrected chi connectivity index (χ3v) is 4.75. The van der Waals surface area contributed by atoms with Gasteiger partial charge in [-0.2, -0.15) is 0 Å². The van der Waals surface area contributed by atoms with E-state index >= 15 is 0 Å². The van der Waals surface area contributed by atoms with Gasteiger partial charge >= 0.3 is 5.97 Å². The summed E-state index contributed by atoms with van der Waals surface area (Å²) in [6.07, 6.45) is 5.26. The van der Waals surface area contributed by atoms with Gasteiger partial charge in [-0.1, -0.05) is 30.3 Å². The van der Waals surface area contributed by atoms with E-state index < -0.39 is 11.6 Å². The van der Waals surface area contributed by atoms with Crippen LogP contribution in [0.4, 0.5) is 5.82 Å². The Morgan fingerprint density at radius 3 is 2.53 bits per heavy atom. The molecule has 4 aromatic rings. The number of carbonyl (C=O) groups is 1. The minimum absolute atomic E-state index is 0.190. The van der Waals surface area contributed by atoms with Gasteiger partial charge in [-0.05, 0) is 57.5 Å². The Hall–Kier alpha value is -4.13. The number of nitrogens with one attached hydrogen (secondary N) is 1. The van der Waals surface area contributed by atoms with Gasteiger partial charge in [0.2, 0.25) is 0 Å². The molecular formula is C27H27N3O4. The number of aromatic nitrogens is 2. The molecule has 7 nitrogen and oxygen atoms in total. The lowest BCUT2D eigenvalue weighted by Crippen LogP contribution is -2.27. The predicted molar refractivity (Wildman–Crippen MR) is 130 cm³/mol. The Bertz CT molecular complexity index is 1280. The maximum atomic E-state index is 13.0. The standard InChI is InChI=1S/C27H27N3O4/c1-18-12-13-24(33-18)23-17-28-25(21(29-23)15-19-9-6-5-7-10-19)30-22(16-20-11-8-14-32-20)26(31)34-27(2,3)4/h5-14,16-17H,15H2,1-4H3,(H,28,30). The van der Waals surface area contributed by atoms with Crippen molar-refractivity contribution in [3.63, 3.8) is 0 Å². The van der Waals surface area contributed by atoms with E-state index in [-0.39, 0.29) is 5.70 Å². The molecule has 0 atom stereocenters. The first kappa shape index (κ1) is 23.0. The Morgan fingerprint density at radius 1 is 1.09 bits per heavy atom. The molecule has 0 aliphatic carbocycles. The van der Waals surface area contributed by atoms with E-state index in [1.807, 2.05) is 70.2 Å². The summed E-state index contributed by atoms with van der Waals surface area (Å²) >= 11 is 0. The Balaban J connectivity index is 1.73. The number of hydrogen-bond donors (Lipinski definition) is 1. The molecule has 0 saturated heterocycles. The second-order valence-electron chi connectivity index (χ2n) is 8.82. The van der Waals surface area contributed by atoms with E-state index in [0.717, 1.165) is 11.3 Å². The number of rotatable bonds is 7. The zero-order valence-corrected chi connectivity index (χ0v) is 19.7. The summed E-state index contributed by atoms with van der Waals surface area (Å²) in [7, 11) is 0. The molecule has 0 aliphatic rings. The highest BCUT2D eigenvalue weighted by atomic mass is 16.6. The summed E-state index contributed by atoms with van der Waals surface area (Å²) in [5.41, 5.74) is 1.85. The van der Waals surface area contributed by atoms with Crippen molar-refractivity contribution in [3.05, 3.63) is 95.5 Å². The summed E-state index contributed by atoms with van der Waals surface area (Å²) < 4.78 is 16.8. The van der Waals surface area contributed by atoms with Crippen molar-refractivity contribution >= 4 is 17.9 Å². The van der Waals surface area contributed by atoms with Crippen LogP contribution in [0, 0.1) is 6.92 Å². The van der Waals surface area contributed by atoms with Gasteiger partial charge in [0, 0.05) is 12.5 Å². The average molecular weight is 458 g/mol. The van der Waals surface area contributed by atoms with Crippen molar-refractivity contribution in [2.45, 2.75) is 39.7 Å². The van der Waals surface area contributed by atoms with Crippen LogP contribution in [-0.4, -0.2) is 21.5 Å². The molecule has 0 unspecified atom stereocenters. The quantitative estimate of drug-likeness (QED) is 0.268. The van der Waals surface area contributed by atoms with Crippen molar-refractivity contribution in [1.29, 1.82) is 0 Å². The second kappa shape index (κ2) is 9.79. The van der Waals surface area contributed by atoms with Crippen molar-refractivity contribution < 1.29 is 18.4 Å². The first-order valence-electron chi connectivity index (χ1n) is 11.0. The van der Waals surface area contributed by atoms with Gasteiger partial charge in [0.15, 0.2) is 11.6 Å². The van der Waals surface area contributed by atoms with Crippen LogP contribution in [0.3, 0.4) is 0 Å². The molecule has 0 amide bonds. The topological polar surface area (TPSA) is 90.4 Å². The molecule has 174 valence electrons. The van der Waals surface area contributed by atoms with E-state index in [9.17, 15) is 4.79 Å². The molecule has 0 spiro atoms. The fraction of sp³-hybridized carbons (Fsp3) is 0.222. The monoisotopic (exact) mass is 457 g/mol. The summed E-state index contributed by atoms with van der Waals surface area (Å²) in [5, 5.41) is 3.13. The summed E-state index contributed by atoms with van der Waals surface area (Å²) in [6.45, 7) is 7.33. The van der Waals surface area contributed by atoms with Crippen LogP contribution in [-0.2, 0) is 16.0 Å². The number of furan rings is 2. The van der Waals surface area contributed by atoms with Gasteiger partial charge in [0.25, 0.3) is 0 Å². The van der Waals surface area contributed by atoms with Gasteiger partial charge in [-0.3, -0.25) is 0 Å². The van der Waals surface area contributed by atoms with E-state index in [4.69, 9.17) is 18.6 Å². The van der Waals surface area contributed by atoms with Gasteiger partial charge in [-0.25, -0.2) is 14.8 Å². The van der Waals surface area contributed by atoms with E-state index in [0.29, 0.717) is 35.1 Å². The van der Waals surface area contributed by atoms with Crippen LogP contribution >= 0.6 is 0 Å². The molecule has 7 heteroatoms. The third-order valence-electron chi connectivity index (χ3n) is 4.75. The highest BCUT2D eigenvalue weighted by molar-refractivity contribution is 5.96. The molecule has 1 aromatic carbocycles. The molecule has 0 fully saturated rings. The lowest BCUT2D eigenvalue weighted by Gasteiger charge is -2.21. The SMILES string of the molecule is Cc1ccc(-c2cnc(NC(=Cc3ccco3)C(=O)OC(C)(C)C)c(Cc3ccccc3)n2)o1. The van der Waals surface area contributed by atoms with Crippen LogP contribution in [0.25, 0.3) is 17.5 Å². The molecular weight excluding hydrogens is 430 g/mol. The molecule has 0 radical (unpaired) electrons. The van der Waals surface area contributed by atoms with Crippen molar-refractivity contribution in [1.82, 2.24) is 9.97 Å². The highest BCUT2D eigenvalue weighted by Gasteiger charge is 2.22. The normalized spacial score (nSPS) is 11.9. The van der Waals surface area contributed by atoms with Gasteiger partial charge < -0.3 is 18.9 Å². The van der Waals surface area contributed by atoms with E-state index in [2.05, 4.69) is 10.3 Å². The number of esters is 1. The third kappa shape index (κ3) is 6.01. The van der Waals surface area contributed by atoms with Crippen molar-refractivity contribution in [3.8, 4) is 11.5 Å². The Morgan fingerprint density at radius 2 is 1.88 bits per heavy atom. The molecule has 3 aromatic heterocycles. The first-order chi connectivity index (χ1) is 16.3. The second-order valence-corrected chi connectivity index (χ2v) is 8.82. The Kier molecular flexibility index (Phi) is 6.63. The number of aryl methyl sites for hydroxylation is 1. The first-order valence-corrected chi connectivity index (χ1v) is 11.0. The molecule has 0 saturated carbocycles. The average Bonchev–Trinajstić information content (AvgIpc) is 3.45. The molecule has 0 bridgehead atoms. The number of carbonyl (C=O) groups excluding carboxylic acids is 1. The number of nitrogens with zero attached hydrogens (tertiary/aromatic N) is 2. The van der Waals surface area contributed by atoms with Crippen molar-refractivity contribution in [2.75, 3.05) is 5.32 Å². The Labute approximate surface area is 198 Å². The van der Waals surface area contributed by atoms with E-state index in [1.165, 1.54) is 0 Å². The fourth-order valence-electron chi connectivity index (χ4n) is 3.26. The molecule has 0 aliphatic heterocycles. The minimum Gasteiger partial charge on any atom is -0.465 e. The van der Waals surface area contributed by atoms with Crippen LogP contribution in [0.15, 0.2) is 81.6 Å². The molecule has 34 heavy (non-hydrogen) atoms. The van der Waals surface area contributed by atoms with Crippen LogP contribution in [0.2, 0.25) is 0 Å². The fourth-order valence-corrected chi connectivity index (χ4v) is 3.26. The number of anilines is 1. The summed E-state index contributed by atoms with van der Waals surface area (Å²) in [4.78, 5) is 22.4. The number of benzene rings is 1. The maximum Gasteiger partial charge on any atom is 0.355 e. The summed E-state index contributed by atoms with van der Waals surface area (Å²) in [6, 6.07) is 17.2. The van der Waals surface area contributed by atoms with Crippen LogP contribution in [0.5, 0.6) is 0 Å². The molecule has 1 N–H and O–H groups in total. The zero-order valence-electron chi connectivity index (χ0n) is 19.7. The smallest absolute Gasteiger partial charge is 0.355 e. The maximum absolute atomic E-state index is 13.0. The van der Waals surface area contributed by atoms with Crippen LogP contribution < -0.4 is 5.32 Å².